The highest BCUT2D eigenvalue weighted by atomic mass is 32.2. The smallest absolute Gasteiger partial charge is 0.239 e. The maximum Gasteiger partial charge on any atom is 0.239 e. The van der Waals surface area contributed by atoms with Crippen molar-refractivity contribution in [2.24, 2.45) is 5.73 Å². The molecule has 0 aromatic carbocycles. The Labute approximate surface area is 100 Å². The molecule has 1 saturated heterocycles. The maximum atomic E-state index is 11.5. The van der Waals surface area contributed by atoms with Crippen molar-refractivity contribution >= 4 is 21.7 Å². The Hall–Kier alpha value is -1.15. The summed E-state index contributed by atoms with van der Waals surface area (Å²) in [5, 5.41) is 5.36. The molecule has 1 aliphatic heterocycles. The molecule has 1 heterocycles. The van der Waals surface area contributed by atoms with E-state index in [4.69, 9.17) is 5.73 Å². The van der Waals surface area contributed by atoms with Gasteiger partial charge in [-0.15, -0.1) is 0 Å². The fourth-order valence-electron chi connectivity index (χ4n) is 1.59. The van der Waals surface area contributed by atoms with Crippen LogP contribution in [0.3, 0.4) is 0 Å². The van der Waals surface area contributed by atoms with Crippen LogP contribution in [0.1, 0.15) is 13.3 Å². The van der Waals surface area contributed by atoms with Gasteiger partial charge in [0.25, 0.3) is 0 Å². The third-order valence-electron chi connectivity index (χ3n) is 2.54. The topological polar surface area (TPSA) is 118 Å². The van der Waals surface area contributed by atoms with Crippen molar-refractivity contribution < 1.29 is 18.0 Å². The molecule has 0 saturated carbocycles. The number of carbonyl (C=O) groups excluding carboxylic acids is 2. The predicted octanol–water partition coefficient (Wildman–Crippen LogP) is -2.25. The summed E-state index contributed by atoms with van der Waals surface area (Å²) in [6.45, 7) is 1.83. The van der Waals surface area contributed by atoms with Crippen molar-refractivity contribution in [2.45, 2.75) is 25.4 Å². The first-order valence-electron chi connectivity index (χ1n) is 5.32. The van der Waals surface area contributed by atoms with E-state index < -0.39 is 27.8 Å². The highest BCUT2D eigenvalue weighted by Gasteiger charge is 2.26. The van der Waals surface area contributed by atoms with Crippen LogP contribution in [-0.4, -0.2) is 50.4 Å². The van der Waals surface area contributed by atoms with Crippen molar-refractivity contribution in [3.8, 4) is 0 Å². The normalized spacial score (nSPS) is 24.9. The molecule has 1 aliphatic rings. The number of sulfone groups is 1. The molecule has 0 aromatic heterocycles. The lowest BCUT2D eigenvalue weighted by Gasteiger charge is -2.23. The van der Waals surface area contributed by atoms with Gasteiger partial charge in [-0.1, -0.05) is 0 Å². The zero-order valence-corrected chi connectivity index (χ0v) is 10.4. The summed E-state index contributed by atoms with van der Waals surface area (Å²) in [5.41, 5.74) is 5.00. The molecule has 2 amide bonds. The summed E-state index contributed by atoms with van der Waals surface area (Å²) < 4.78 is 22.7. The molecule has 0 aromatic rings. The molecule has 1 rings (SSSR count). The molecule has 8 heteroatoms. The SMILES string of the molecule is CC(NC(=O)CC1CS(=O)(=O)CCN1)C(N)=O. The second-order valence-electron chi connectivity index (χ2n) is 4.16. The van der Waals surface area contributed by atoms with E-state index in [2.05, 4.69) is 10.6 Å². The second-order valence-corrected chi connectivity index (χ2v) is 6.39. The van der Waals surface area contributed by atoms with E-state index in [1.54, 1.807) is 0 Å². The Kier molecular flexibility index (Phi) is 4.47. The van der Waals surface area contributed by atoms with Gasteiger partial charge in [-0.25, -0.2) is 8.42 Å². The van der Waals surface area contributed by atoms with Crippen LogP contribution in [0.15, 0.2) is 0 Å². The number of amides is 2. The van der Waals surface area contributed by atoms with Gasteiger partial charge in [-0.05, 0) is 6.92 Å². The van der Waals surface area contributed by atoms with Gasteiger partial charge in [0.2, 0.25) is 11.8 Å². The van der Waals surface area contributed by atoms with E-state index in [1.165, 1.54) is 6.92 Å². The van der Waals surface area contributed by atoms with Gasteiger partial charge in [0.05, 0.1) is 11.5 Å². The average Bonchev–Trinajstić information content (AvgIpc) is 2.15. The Morgan fingerprint density at radius 2 is 2.18 bits per heavy atom. The molecule has 98 valence electrons. The number of hydrogen-bond acceptors (Lipinski definition) is 5. The van der Waals surface area contributed by atoms with Gasteiger partial charge in [-0.3, -0.25) is 9.59 Å². The second kappa shape index (κ2) is 5.46. The number of nitrogens with one attached hydrogen (secondary N) is 2. The maximum absolute atomic E-state index is 11.5. The minimum atomic E-state index is -3.06. The highest BCUT2D eigenvalue weighted by Crippen LogP contribution is 2.04. The zero-order chi connectivity index (χ0) is 13.1. The van der Waals surface area contributed by atoms with E-state index >= 15 is 0 Å². The van der Waals surface area contributed by atoms with Gasteiger partial charge < -0.3 is 16.4 Å². The van der Waals surface area contributed by atoms with E-state index in [0.717, 1.165) is 0 Å². The Morgan fingerprint density at radius 1 is 1.53 bits per heavy atom. The van der Waals surface area contributed by atoms with Crippen LogP contribution in [0.4, 0.5) is 0 Å². The molecule has 0 aliphatic carbocycles. The number of carbonyl (C=O) groups is 2. The Morgan fingerprint density at radius 3 is 2.71 bits per heavy atom. The van der Waals surface area contributed by atoms with Crippen molar-refractivity contribution in [2.75, 3.05) is 18.1 Å². The van der Waals surface area contributed by atoms with Crippen LogP contribution in [0.2, 0.25) is 0 Å². The average molecular weight is 263 g/mol. The molecule has 0 spiro atoms. The molecule has 0 bridgehead atoms. The van der Waals surface area contributed by atoms with Gasteiger partial charge in [0.1, 0.15) is 6.04 Å². The standard InChI is InChI=1S/C9H17N3O4S/c1-6(9(10)14)12-8(13)4-7-5-17(15,16)3-2-11-7/h6-7,11H,2-5H2,1H3,(H2,10,14)(H,12,13). The molecule has 2 unspecified atom stereocenters. The van der Waals surface area contributed by atoms with Gasteiger partial charge >= 0.3 is 0 Å². The fourth-order valence-corrected chi connectivity index (χ4v) is 3.04. The Balaban J connectivity index is 2.44. The summed E-state index contributed by atoms with van der Waals surface area (Å²) in [5.74, 6) is -0.956. The molecular formula is C9H17N3O4S. The monoisotopic (exact) mass is 263 g/mol. The zero-order valence-electron chi connectivity index (χ0n) is 9.60. The summed E-state index contributed by atoms with van der Waals surface area (Å²) in [4.78, 5) is 22.2. The van der Waals surface area contributed by atoms with Crippen LogP contribution >= 0.6 is 0 Å². The first-order valence-corrected chi connectivity index (χ1v) is 7.15. The first-order chi connectivity index (χ1) is 7.80. The van der Waals surface area contributed by atoms with Gasteiger partial charge in [-0.2, -0.15) is 0 Å². The molecule has 7 nitrogen and oxygen atoms in total. The quantitative estimate of drug-likeness (QED) is 0.529. The lowest BCUT2D eigenvalue weighted by Crippen LogP contribution is -2.49. The summed E-state index contributed by atoms with van der Waals surface area (Å²) in [6.07, 6.45) is 0.0247. The van der Waals surface area contributed by atoms with E-state index in [-0.39, 0.29) is 23.8 Å². The number of rotatable bonds is 4. The highest BCUT2D eigenvalue weighted by molar-refractivity contribution is 7.91. The molecule has 17 heavy (non-hydrogen) atoms. The number of hydrogen-bond donors (Lipinski definition) is 3. The third-order valence-corrected chi connectivity index (χ3v) is 4.27. The van der Waals surface area contributed by atoms with Crippen molar-refractivity contribution in [1.29, 1.82) is 0 Å². The minimum absolute atomic E-state index is 0.0247. The molecule has 4 N–H and O–H groups in total. The van der Waals surface area contributed by atoms with E-state index in [0.29, 0.717) is 6.54 Å². The van der Waals surface area contributed by atoms with Crippen LogP contribution in [0.5, 0.6) is 0 Å². The van der Waals surface area contributed by atoms with Crippen LogP contribution < -0.4 is 16.4 Å². The fraction of sp³-hybridized carbons (Fsp3) is 0.778. The van der Waals surface area contributed by atoms with Gasteiger partial charge in [0.15, 0.2) is 9.84 Å². The third kappa shape index (κ3) is 4.70. The summed E-state index contributed by atoms with van der Waals surface area (Å²) >= 11 is 0. The summed E-state index contributed by atoms with van der Waals surface area (Å²) in [7, 11) is -3.06. The first kappa shape index (κ1) is 13.9. The van der Waals surface area contributed by atoms with Crippen molar-refractivity contribution in [3.05, 3.63) is 0 Å². The predicted molar refractivity (Wildman–Crippen MR) is 61.9 cm³/mol. The van der Waals surface area contributed by atoms with Crippen LogP contribution in [-0.2, 0) is 19.4 Å². The minimum Gasteiger partial charge on any atom is -0.368 e. The summed E-state index contributed by atoms with van der Waals surface area (Å²) in [6, 6.07) is -1.14. The van der Waals surface area contributed by atoms with Gasteiger partial charge in [0, 0.05) is 19.0 Å². The van der Waals surface area contributed by atoms with Crippen LogP contribution in [0.25, 0.3) is 0 Å². The van der Waals surface area contributed by atoms with Crippen molar-refractivity contribution in [3.63, 3.8) is 0 Å². The molecule has 2 atom stereocenters. The molecular weight excluding hydrogens is 246 g/mol. The lowest BCUT2D eigenvalue weighted by molar-refractivity contribution is -0.127. The molecule has 1 fully saturated rings. The molecule has 0 radical (unpaired) electrons. The van der Waals surface area contributed by atoms with Crippen LogP contribution in [0, 0.1) is 0 Å². The Bertz CT molecular complexity index is 406. The lowest BCUT2D eigenvalue weighted by atomic mass is 10.2. The van der Waals surface area contributed by atoms with E-state index in [1.807, 2.05) is 0 Å². The number of primary amides is 1. The van der Waals surface area contributed by atoms with Crippen molar-refractivity contribution in [1.82, 2.24) is 10.6 Å². The largest absolute Gasteiger partial charge is 0.368 e. The number of nitrogens with two attached hydrogens (primary N) is 1. The van der Waals surface area contributed by atoms with E-state index in [9.17, 15) is 18.0 Å².